The Morgan fingerprint density at radius 1 is 1.12 bits per heavy atom. The van der Waals surface area contributed by atoms with Gasteiger partial charge in [0.1, 0.15) is 11.6 Å². The van der Waals surface area contributed by atoms with Crippen LogP contribution in [0.5, 0.6) is 5.75 Å². The molecule has 0 radical (unpaired) electrons. The molecule has 10 heteroatoms. The number of piperidine rings is 1. The molecule has 1 fully saturated rings. The van der Waals surface area contributed by atoms with Crippen LogP contribution in [-0.4, -0.2) is 62.7 Å². The fourth-order valence-electron chi connectivity index (χ4n) is 6.32. The van der Waals surface area contributed by atoms with Gasteiger partial charge in [-0.25, -0.2) is 9.78 Å². The molecule has 5 rings (SSSR count). The highest BCUT2D eigenvalue weighted by atomic mass is 16.5. The normalized spacial score (nSPS) is 15.7. The van der Waals surface area contributed by atoms with Crippen molar-refractivity contribution in [2.24, 2.45) is 0 Å². The molecule has 2 aromatic heterocycles. The third-order valence-corrected chi connectivity index (χ3v) is 8.84. The first-order valence-electron chi connectivity index (χ1n) is 17.0. The number of ether oxygens (including phenoxy) is 3. The van der Waals surface area contributed by atoms with Gasteiger partial charge in [0.15, 0.2) is 11.8 Å². The molecule has 4 aromatic rings. The van der Waals surface area contributed by atoms with Crippen molar-refractivity contribution < 1.29 is 24.1 Å². The smallest absolute Gasteiger partial charge is 0.337 e. The van der Waals surface area contributed by atoms with Crippen LogP contribution in [0.25, 0.3) is 28.0 Å². The van der Waals surface area contributed by atoms with Crippen molar-refractivity contribution in [3.05, 3.63) is 90.7 Å². The van der Waals surface area contributed by atoms with Crippen LogP contribution in [0.15, 0.2) is 73.8 Å². The number of rotatable bonds is 13. The van der Waals surface area contributed by atoms with Crippen LogP contribution >= 0.6 is 0 Å². The van der Waals surface area contributed by atoms with Crippen molar-refractivity contribution in [1.29, 1.82) is 5.26 Å². The van der Waals surface area contributed by atoms with E-state index in [1.165, 1.54) is 0 Å². The number of hydrogen-bond donors (Lipinski definition) is 1. The molecule has 0 amide bonds. The van der Waals surface area contributed by atoms with E-state index in [4.69, 9.17) is 24.3 Å². The van der Waals surface area contributed by atoms with E-state index < -0.39 is 17.7 Å². The number of carboxylic acid groups (broad SMARTS) is 1. The monoisotopic (exact) mass is 677 g/mol. The summed E-state index contributed by atoms with van der Waals surface area (Å²) in [4.78, 5) is 19.9. The summed E-state index contributed by atoms with van der Waals surface area (Å²) in [5.74, 6) is 0.218. The summed E-state index contributed by atoms with van der Waals surface area (Å²) in [6.45, 7) is 20.8. The van der Waals surface area contributed by atoms with Crippen LogP contribution in [0.1, 0.15) is 76.8 Å². The van der Waals surface area contributed by atoms with Gasteiger partial charge in [-0.3, -0.25) is 0 Å². The maximum absolute atomic E-state index is 12.8. The number of aryl methyl sites for hydroxylation is 1. The minimum atomic E-state index is -1.27. The topological polar surface area (TPSA) is 122 Å². The number of fused-ring (bicyclic) bond motifs is 1. The van der Waals surface area contributed by atoms with E-state index in [1.54, 1.807) is 16.7 Å². The molecule has 50 heavy (non-hydrogen) atoms. The lowest BCUT2D eigenvalue weighted by molar-refractivity contribution is -0.160. The molecule has 1 aliphatic heterocycles. The Morgan fingerprint density at radius 2 is 1.84 bits per heavy atom. The summed E-state index contributed by atoms with van der Waals surface area (Å²) in [7, 11) is 0. The van der Waals surface area contributed by atoms with Crippen LogP contribution in [0.3, 0.4) is 0 Å². The minimum absolute atomic E-state index is 0.0965. The Morgan fingerprint density at radius 3 is 2.48 bits per heavy atom. The molecular formula is C40H47N5O5. The van der Waals surface area contributed by atoms with Gasteiger partial charge in [-0.2, -0.15) is 14.9 Å². The number of hydrogen-bond acceptors (Lipinski definition) is 8. The first-order chi connectivity index (χ1) is 23.8. The van der Waals surface area contributed by atoms with Crippen LogP contribution in [-0.2, 0) is 14.3 Å². The summed E-state index contributed by atoms with van der Waals surface area (Å²) in [6, 6.07) is 17.5. The molecule has 1 aliphatic rings. The van der Waals surface area contributed by atoms with Crippen molar-refractivity contribution in [3.8, 4) is 34.2 Å². The molecule has 0 aliphatic carbocycles. The predicted octanol–water partition coefficient (Wildman–Crippen LogP) is 8.09. The van der Waals surface area contributed by atoms with Crippen molar-refractivity contribution in [3.63, 3.8) is 0 Å². The number of carbonyl (C=O) groups is 1. The van der Waals surface area contributed by atoms with E-state index >= 15 is 0 Å². The van der Waals surface area contributed by atoms with Gasteiger partial charge in [0, 0.05) is 42.4 Å². The van der Waals surface area contributed by atoms with Crippen LogP contribution in [0, 0.1) is 18.3 Å². The molecule has 2 unspecified atom stereocenters. The third-order valence-electron chi connectivity index (χ3n) is 8.84. The number of carboxylic acids is 1. The molecule has 0 bridgehead atoms. The highest BCUT2D eigenvalue weighted by Gasteiger charge is 2.37. The molecule has 3 heterocycles. The van der Waals surface area contributed by atoms with Crippen LogP contribution in [0.2, 0.25) is 0 Å². The second-order valence-electron chi connectivity index (χ2n) is 14.1. The SMILES string of the molecule is C=CCOC1(C)CCN(c2c(C(OC(C)(C)C)C(=O)O)c(C)nc3cc(-c4cccc(-c5cc(C#N)ccc5OC(C)CC=C)c4)nn23)CC1. The quantitative estimate of drug-likeness (QED) is 0.140. The van der Waals surface area contributed by atoms with E-state index in [0.717, 1.165) is 29.5 Å². The Balaban J connectivity index is 1.64. The lowest BCUT2D eigenvalue weighted by Gasteiger charge is -2.41. The zero-order valence-corrected chi connectivity index (χ0v) is 29.9. The second kappa shape index (κ2) is 14.9. The number of nitriles is 1. The summed E-state index contributed by atoms with van der Waals surface area (Å²) in [5, 5.41) is 25.2. The lowest BCUT2D eigenvalue weighted by Crippen LogP contribution is -2.45. The Labute approximate surface area is 294 Å². The third kappa shape index (κ3) is 8.07. The standard InChI is InChI=1S/C40H47N5O5/c1-9-12-26(3)49-33-16-15-28(25-41)22-31(33)29-13-11-14-30(23-29)32-24-34-42-27(4)35(36(38(46)47)50-39(5,6)7)37(45(34)43-32)44-19-17-40(8,18-20-44)48-21-10-2/h9-11,13-16,22-24,26,36H,1-2,12,17-21H2,3-8H3,(H,46,47). The highest BCUT2D eigenvalue weighted by molar-refractivity contribution is 5.80. The van der Waals surface area contributed by atoms with E-state index in [-0.39, 0.29) is 11.7 Å². The molecule has 10 nitrogen and oxygen atoms in total. The number of anilines is 1. The van der Waals surface area contributed by atoms with E-state index in [9.17, 15) is 15.2 Å². The molecule has 1 saturated heterocycles. The number of aromatic nitrogens is 3. The van der Waals surface area contributed by atoms with E-state index in [2.05, 4.69) is 31.1 Å². The molecule has 0 saturated carbocycles. The van der Waals surface area contributed by atoms with E-state index in [0.29, 0.717) is 65.8 Å². The molecule has 0 spiro atoms. The maximum Gasteiger partial charge on any atom is 0.337 e. The van der Waals surface area contributed by atoms with Gasteiger partial charge >= 0.3 is 5.97 Å². The van der Waals surface area contributed by atoms with Gasteiger partial charge in [0.2, 0.25) is 0 Å². The van der Waals surface area contributed by atoms with Crippen molar-refractivity contribution in [2.75, 3.05) is 24.6 Å². The van der Waals surface area contributed by atoms with Crippen molar-refractivity contribution >= 4 is 17.4 Å². The number of benzene rings is 2. The summed E-state index contributed by atoms with van der Waals surface area (Å²) in [5.41, 5.74) is 4.24. The average molecular weight is 678 g/mol. The Kier molecular flexibility index (Phi) is 10.8. The van der Waals surface area contributed by atoms with Gasteiger partial charge < -0.3 is 24.2 Å². The number of aliphatic carboxylic acids is 1. The molecule has 262 valence electrons. The second-order valence-corrected chi connectivity index (χ2v) is 14.1. The molecular weight excluding hydrogens is 630 g/mol. The van der Waals surface area contributed by atoms with Gasteiger partial charge in [-0.1, -0.05) is 30.4 Å². The van der Waals surface area contributed by atoms with Gasteiger partial charge in [-0.05, 0) is 84.2 Å². The fraction of sp³-hybridized carbons (Fsp3) is 0.400. The molecule has 2 atom stereocenters. The van der Waals surface area contributed by atoms with Crippen molar-refractivity contribution in [2.45, 2.75) is 84.2 Å². The van der Waals surface area contributed by atoms with Gasteiger partial charge in [-0.15, -0.1) is 13.2 Å². The highest BCUT2D eigenvalue weighted by Crippen LogP contribution is 2.39. The van der Waals surface area contributed by atoms with Crippen LogP contribution in [0.4, 0.5) is 5.82 Å². The lowest BCUT2D eigenvalue weighted by atomic mass is 9.92. The fourth-order valence-corrected chi connectivity index (χ4v) is 6.32. The minimum Gasteiger partial charge on any atom is -0.490 e. The summed E-state index contributed by atoms with van der Waals surface area (Å²) < 4.78 is 20.3. The van der Waals surface area contributed by atoms with E-state index in [1.807, 2.05) is 83.2 Å². The van der Waals surface area contributed by atoms with Gasteiger partial charge in [0.05, 0.1) is 46.8 Å². The van der Waals surface area contributed by atoms with Crippen LogP contribution < -0.4 is 9.64 Å². The Hall–Kier alpha value is -4.98. The molecule has 1 N–H and O–H groups in total. The van der Waals surface area contributed by atoms with Gasteiger partial charge in [0.25, 0.3) is 0 Å². The first-order valence-corrected chi connectivity index (χ1v) is 17.0. The average Bonchev–Trinajstić information content (AvgIpc) is 3.50. The predicted molar refractivity (Wildman–Crippen MR) is 195 cm³/mol. The number of nitrogens with zero attached hydrogens (tertiary/aromatic N) is 5. The maximum atomic E-state index is 12.8. The van der Waals surface area contributed by atoms with Crippen molar-refractivity contribution in [1.82, 2.24) is 14.6 Å². The zero-order valence-electron chi connectivity index (χ0n) is 29.9. The molecule has 2 aromatic carbocycles. The Bertz CT molecular complexity index is 1930. The summed E-state index contributed by atoms with van der Waals surface area (Å²) in [6.07, 6.45) is 4.35. The summed E-state index contributed by atoms with van der Waals surface area (Å²) >= 11 is 0. The largest absolute Gasteiger partial charge is 0.490 e. The zero-order chi connectivity index (χ0) is 36.2. The first kappa shape index (κ1) is 36.3.